The Morgan fingerprint density at radius 1 is 1.22 bits per heavy atom. The van der Waals surface area contributed by atoms with E-state index in [-0.39, 0.29) is 0 Å². The number of nitriles is 1. The quantitative estimate of drug-likeness (QED) is 0.809. The zero-order valence-corrected chi connectivity index (χ0v) is 15.1. The molecule has 23 heavy (non-hydrogen) atoms. The highest BCUT2D eigenvalue weighted by atomic mass is 35.5. The molecular formula is C19H26ClN3. The first-order valence-electron chi connectivity index (χ1n) is 8.67. The van der Waals surface area contributed by atoms with E-state index in [1.165, 1.54) is 32.4 Å². The summed E-state index contributed by atoms with van der Waals surface area (Å²) in [6, 6.07) is 9.17. The lowest BCUT2D eigenvalue weighted by atomic mass is 9.72. The number of hydrogen-bond donors (Lipinski definition) is 0. The summed E-state index contributed by atoms with van der Waals surface area (Å²) in [6.45, 7) is 10.5. The lowest BCUT2D eigenvalue weighted by Crippen LogP contribution is -2.47. The van der Waals surface area contributed by atoms with Crippen molar-refractivity contribution < 1.29 is 0 Å². The molecule has 0 aliphatic carbocycles. The molecule has 0 bridgehead atoms. The second-order valence-electron chi connectivity index (χ2n) is 7.39. The smallest absolute Gasteiger partial charge is 0.101 e. The van der Waals surface area contributed by atoms with E-state index in [1.54, 1.807) is 0 Å². The molecule has 2 fully saturated rings. The maximum Gasteiger partial charge on any atom is 0.101 e. The summed E-state index contributed by atoms with van der Waals surface area (Å²) < 4.78 is 0. The molecule has 0 N–H and O–H groups in total. The minimum Gasteiger partial charge on any atom is -0.368 e. The summed E-state index contributed by atoms with van der Waals surface area (Å²) >= 11 is 6.23. The van der Waals surface area contributed by atoms with Crippen molar-refractivity contribution in [3.8, 4) is 6.07 Å². The Balaban J connectivity index is 1.76. The first kappa shape index (κ1) is 16.6. The Hall–Kier alpha value is -1.24. The van der Waals surface area contributed by atoms with Crippen molar-refractivity contribution in [2.45, 2.75) is 52.1 Å². The molecule has 3 nitrogen and oxygen atoms in total. The fourth-order valence-corrected chi connectivity index (χ4v) is 4.57. The standard InChI is InChI=1S/C19H26ClN3/c1-14(2)22-9-6-19(7-10-22)8-11-23(15(19)3)17-5-4-16(13-21)18(20)12-17/h4-5,12,14-15H,6-11H2,1-3H3. The Kier molecular flexibility index (Phi) is 4.58. The zero-order valence-electron chi connectivity index (χ0n) is 14.3. The van der Waals surface area contributed by atoms with E-state index in [2.05, 4.69) is 36.6 Å². The summed E-state index contributed by atoms with van der Waals surface area (Å²) in [5, 5.41) is 9.61. The van der Waals surface area contributed by atoms with Crippen LogP contribution >= 0.6 is 11.6 Å². The molecular weight excluding hydrogens is 306 g/mol. The van der Waals surface area contributed by atoms with E-state index in [9.17, 15) is 0 Å². The summed E-state index contributed by atoms with van der Waals surface area (Å²) in [7, 11) is 0. The second-order valence-corrected chi connectivity index (χ2v) is 7.79. The van der Waals surface area contributed by atoms with Gasteiger partial charge in [0.2, 0.25) is 0 Å². The fraction of sp³-hybridized carbons (Fsp3) is 0.632. The second kappa shape index (κ2) is 6.34. The average molecular weight is 332 g/mol. The topological polar surface area (TPSA) is 30.3 Å². The molecule has 0 aromatic heterocycles. The molecule has 0 radical (unpaired) electrons. The minimum absolute atomic E-state index is 0.436. The van der Waals surface area contributed by atoms with Crippen LogP contribution in [0.5, 0.6) is 0 Å². The zero-order chi connectivity index (χ0) is 16.6. The van der Waals surface area contributed by atoms with Crippen molar-refractivity contribution in [1.29, 1.82) is 5.26 Å². The molecule has 1 spiro atoms. The van der Waals surface area contributed by atoms with Crippen LogP contribution in [0.1, 0.15) is 45.6 Å². The molecule has 2 saturated heterocycles. The molecule has 1 unspecified atom stereocenters. The third kappa shape index (κ3) is 2.95. The summed E-state index contributed by atoms with van der Waals surface area (Å²) in [5.74, 6) is 0. The van der Waals surface area contributed by atoms with Crippen LogP contribution in [0.25, 0.3) is 0 Å². The van der Waals surface area contributed by atoms with E-state index in [1.807, 2.05) is 18.2 Å². The highest BCUT2D eigenvalue weighted by molar-refractivity contribution is 6.32. The normalized spacial score (nSPS) is 24.3. The van der Waals surface area contributed by atoms with E-state index in [4.69, 9.17) is 16.9 Å². The molecule has 1 atom stereocenters. The van der Waals surface area contributed by atoms with Gasteiger partial charge in [-0.2, -0.15) is 5.26 Å². The van der Waals surface area contributed by atoms with Gasteiger partial charge in [-0.3, -0.25) is 0 Å². The average Bonchev–Trinajstić information content (AvgIpc) is 2.85. The maximum absolute atomic E-state index is 9.04. The minimum atomic E-state index is 0.436. The van der Waals surface area contributed by atoms with Gasteiger partial charge in [0.15, 0.2) is 0 Å². The monoisotopic (exact) mass is 331 g/mol. The van der Waals surface area contributed by atoms with E-state index >= 15 is 0 Å². The molecule has 1 aromatic rings. The lowest BCUT2D eigenvalue weighted by molar-refractivity contribution is 0.0792. The molecule has 3 rings (SSSR count). The first-order valence-corrected chi connectivity index (χ1v) is 9.05. The van der Waals surface area contributed by atoms with Gasteiger partial charge in [-0.05, 0) is 76.7 Å². The molecule has 1 aromatic carbocycles. The maximum atomic E-state index is 9.04. The summed E-state index contributed by atoms with van der Waals surface area (Å²) in [4.78, 5) is 5.08. The van der Waals surface area contributed by atoms with Gasteiger partial charge in [0, 0.05) is 24.3 Å². The Morgan fingerprint density at radius 3 is 2.43 bits per heavy atom. The third-order valence-corrected chi connectivity index (χ3v) is 6.45. The Bertz CT molecular complexity index is 612. The van der Waals surface area contributed by atoms with Gasteiger partial charge in [-0.25, -0.2) is 0 Å². The molecule has 0 saturated carbocycles. The third-order valence-electron chi connectivity index (χ3n) is 6.13. The van der Waals surface area contributed by atoms with Crippen LogP contribution in [-0.4, -0.2) is 36.6 Å². The largest absolute Gasteiger partial charge is 0.368 e. The SMILES string of the molecule is CC(C)N1CCC2(CC1)CCN(c1ccc(C#N)c(Cl)c1)C2C. The van der Waals surface area contributed by atoms with Crippen molar-refractivity contribution in [2.75, 3.05) is 24.5 Å². The number of halogens is 1. The van der Waals surface area contributed by atoms with E-state index in [0.29, 0.717) is 28.1 Å². The van der Waals surface area contributed by atoms with Gasteiger partial charge in [-0.15, -0.1) is 0 Å². The molecule has 2 aliphatic rings. The van der Waals surface area contributed by atoms with Crippen molar-refractivity contribution in [3.63, 3.8) is 0 Å². The number of nitrogens with zero attached hydrogens (tertiary/aromatic N) is 3. The van der Waals surface area contributed by atoms with Crippen molar-refractivity contribution >= 4 is 17.3 Å². The van der Waals surface area contributed by atoms with E-state index < -0.39 is 0 Å². The van der Waals surface area contributed by atoms with Crippen LogP contribution in [0.15, 0.2) is 18.2 Å². The van der Waals surface area contributed by atoms with Crippen molar-refractivity contribution in [2.24, 2.45) is 5.41 Å². The molecule has 4 heteroatoms. The van der Waals surface area contributed by atoms with Gasteiger partial charge in [0.05, 0.1) is 10.6 Å². The predicted octanol–water partition coefficient (Wildman–Crippen LogP) is 4.30. The van der Waals surface area contributed by atoms with Crippen LogP contribution < -0.4 is 4.90 Å². The fourth-order valence-electron chi connectivity index (χ4n) is 4.36. The van der Waals surface area contributed by atoms with Gasteiger partial charge in [-0.1, -0.05) is 11.6 Å². The van der Waals surface area contributed by atoms with Gasteiger partial charge >= 0.3 is 0 Å². The van der Waals surface area contributed by atoms with E-state index in [0.717, 1.165) is 12.2 Å². The number of piperidine rings is 1. The van der Waals surface area contributed by atoms with Crippen LogP contribution in [-0.2, 0) is 0 Å². The van der Waals surface area contributed by atoms with Crippen LogP contribution in [0.3, 0.4) is 0 Å². The Labute approximate surface area is 144 Å². The number of benzene rings is 1. The first-order chi connectivity index (χ1) is 11.0. The lowest BCUT2D eigenvalue weighted by Gasteiger charge is -2.44. The van der Waals surface area contributed by atoms with Crippen molar-refractivity contribution in [1.82, 2.24) is 4.90 Å². The highest BCUT2D eigenvalue weighted by Gasteiger charge is 2.46. The molecule has 2 heterocycles. The van der Waals surface area contributed by atoms with Gasteiger partial charge in [0.1, 0.15) is 6.07 Å². The van der Waals surface area contributed by atoms with Crippen LogP contribution in [0.4, 0.5) is 5.69 Å². The number of hydrogen-bond acceptors (Lipinski definition) is 3. The molecule has 124 valence electrons. The highest BCUT2D eigenvalue weighted by Crippen LogP contribution is 2.47. The van der Waals surface area contributed by atoms with Gasteiger partial charge in [0.25, 0.3) is 0 Å². The van der Waals surface area contributed by atoms with Gasteiger partial charge < -0.3 is 9.80 Å². The van der Waals surface area contributed by atoms with Crippen LogP contribution in [0, 0.1) is 16.7 Å². The van der Waals surface area contributed by atoms with Crippen molar-refractivity contribution in [3.05, 3.63) is 28.8 Å². The number of likely N-dealkylation sites (tertiary alicyclic amines) is 1. The number of rotatable bonds is 2. The number of anilines is 1. The summed E-state index contributed by atoms with van der Waals surface area (Å²) in [5.41, 5.74) is 2.15. The van der Waals surface area contributed by atoms with Crippen LogP contribution in [0.2, 0.25) is 5.02 Å². The molecule has 2 aliphatic heterocycles. The Morgan fingerprint density at radius 2 is 1.87 bits per heavy atom. The predicted molar refractivity (Wildman–Crippen MR) is 96.0 cm³/mol. The molecule has 0 amide bonds. The summed E-state index contributed by atoms with van der Waals surface area (Å²) in [6.07, 6.45) is 3.83.